The maximum absolute atomic E-state index is 4.57. The standard InChI is InChI=1S/C15H26N2/c1-6-11(3)10-15(16-7-2)14-9-8-12(4)17-13(14)5/h8-9,11,15-16H,6-7,10H2,1-5H3. The molecule has 0 aliphatic carbocycles. The third-order valence-electron chi connectivity index (χ3n) is 3.43. The van der Waals surface area contributed by atoms with Gasteiger partial charge in [-0.25, -0.2) is 0 Å². The van der Waals surface area contributed by atoms with E-state index >= 15 is 0 Å². The van der Waals surface area contributed by atoms with Crippen molar-refractivity contribution < 1.29 is 0 Å². The van der Waals surface area contributed by atoms with E-state index in [9.17, 15) is 0 Å². The third kappa shape index (κ3) is 4.12. The second kappa shape index (κ2) is 6.75. The fourth-order valence-electron chi connectivity index (χ4n) is 2.20. The molecular formula is C15H26N2. The van der Waals surface area contributed by atoms with E-state index in [0.717, 1.165) is 18.2 Å². The molecule has 1 N–H and O–H groups in total. The Morgan fingerprint density at radius 3 is 2.47 bits per heavy atom. The minimum atomic E-state index is 0.447. The predicted octanol–water partition coefficient (Wildman–Crippen LogP) is 3.79. The topological polar surface area (TPSA) is 24.9 Å². The van der Waals surface area contributed by atoms with E-state index in [-0.39, 0.29) is 0 Å². The van der Waals surface area contributed by atoms with E-state index in [1.807, 2.05) is 6.92 Å². The quantitative estimate of drug-likeness (QED) is 0.810. The molecule has 0 saturated heterocycles. The van der Waals surface area contributed by atoms with Gasteiger partial charge in [0.1, 0.15) is 0 Å². The van der Waals surface area contributed by atoms with Crippen molar-refractivity contribution in [1.82, 2.24) is 10.3 Å². The Hall–Kier alpha value is -0.890. The summed E-state index contributed by atoms with van der Waals surface area (Å²) >= 11 is 0. The van der Waals surface area contributed by atoms with Gasteiger partial charge in [-0.15, -0.1) is 0 Å². The summed E-state index contributed by atoms with van der Waals surface area (Å²) in [6, 6.07) is 4.79. The Morgan fingerprint density at radius 2 is 1.94 bits per heavy atom. The van der Waals surface area contributed by atoms with Crippen LogP contribution >= 0.6 is 0 Å². The maximum Gasteiger partial charge on any atom is 0.0423 e. The lowest BCUT2D eigenvalue weighted by molar-refractivity contribution is 0.406. The average Bonchev–Trinajstić information content (AvgIpc) is 2.28. The lowest BCUT2D eigenvalue weighted by Crippen LogP contribution is -2.24. The first-order valence-electron chi connectivity index (χ1n) is 6.76. The summed E-state index contributed by atoms with van der Waals surface area (Å²) in [6.07, 6.45) is 2.43. The Morgan fingerprint density at radius 1 is 1.24 bits per heavy atom. The Bertz CT molecular complexity index is 347. The summed E-state index contributed by atoms with van der Waals surface area (Å²) < 4.78 is 0. The summed E-state index contributed by atoms with van der Waals surface area (Å²) in [4.78, 5) is 4.57. The van der Waals surface area contributed by atoms with Gasteiger partial charge in [-0.1, -0.05) is 33.3 Å². The van der Waals surface area contributed by atoms with Crippen LogP contribution in [-0.4, -0.2) is 11.5 Å². The van der Waals surface area contributed by atoms with Crippen LogP contribution in [0, 0.1) is 19.8 Å². The molecule has 96 valence electrons. The van der Waals surface area contributed by atoms with Crippen molar-refractivity contribution in [3.63, 3.8) is 0 Å². The molecule has 2 unspecified atom stereocenters. The van der Waals surface area contributed by atoms with Gasteiger partial charge in [0.15, 0.2) is 0 Å². The highest BCUT2D eigenvalue weighted by Gasteiger charge is 2.16. The van der Waals surface area contributed by atoms with Crippen LogP contribution < -0.4 is 5.32 Å². The monoisotopic (exact) mass is 234 g/mol. The van der Waals surface area contributed by atoms with Gasteiger partial charge in [-0.05, 0) is 44.4 Å². The molecule has 2 atom stereocenters. The molecule has 0 radical (unpaired) electrons. The smallest absolute Gasteiger partial charge is 0.0423 e. The van der Waals surface area contributed by atoms with E-state index in [4.69, 9.17) is 0 Å². The number of hydrogen-bond acceptors (Lipinski definition) is 2. The minimum Gasteiger partial charge on any atom is -0.310 e. The summed E-state index contributed by atoms with van der Waals surface area (Å²) in [5.74, 6) is 0.750. The zero-order chi connectivity index (χ0) is 12.8. The molecule has 2 heteroatoms. The summed E-state index contributed by atoms with van der Waals surface area (Å²) in [6.45, 7) is 11.9. The first-order valence-corrected chi connectivity index (χ1v) is 6.76. The fraction of sp³-hybridized carbons (Fsp3) is 0.667. The average molecular weight is 234 g/mol. The number of nitrogens with zero attached hydrogens (tertiary/aromatic N) is 1. The first kappa shape index (κ1) is 14.2. The highest BCUT2D eigenvalue weighted by Crippen LogP contribution is 2.24. The van der Waals surface area contributed by atoms with Gasteiger partial charge in [0.2, 0.25) is 0 Å². The number of hydrogen-bond donors (Lipinski definition) is 1. The van der Waals surface area contributed by atoms with Crippen molar-refractivity contribution in [3.8, 4) is 0 Å². The molecule has 0 spiro atoms. The second-order valence-electron chi connectivity index (χ2n) is 4.99. The number of pyridine rings is 1. The maximum atomic E-state index is 4.57. The number of aromatic nitrogens is 1. The van der Waals surface area contributed by atoms with Crippen LogP contribution in [0.4, 0.5) is 0 Å². The molecule has 0 aromatic carbocycles. The minimum absolute atomic E-state index is 0.447. The van der Waals surface area contributed by atoms with Crippen molar-refractivity contribution in [1.29, 1.82) is 0 Å². The van der Waals surface area contributed by atoms with Crippen LogP contribution in [0.15, 0.2) is 12.1 Å². The summed E-state index contributed by atoms with van der Waals surface area (Å²) in [5.41, 5.74) is 3.63. The molecule has 0 bridgehead atoms. The third-order valence-corrected chi connectivity index (χ3v) is 3.43. The fourth-order valence-corrected chi connectivity index (χ4v) is 2.20. The number of nitrogens with one attached hydrogen (secondary N) is 1. The molecule has 0 saturated carbocycles. The summed E-state index contributed by atoms with van der Waals surface area (Å²) in [7, 11) is 0. The van der Waals surface area contributed by atoms with Gasteiger partial charge in [-0.2, -0.15) is 0 Å². The van der Waals surface area contributed by atoms with E-state index in [0.29, 0.717) is 6.04 Å². The molecule has 0 aliphatic rings. The van der Waals surface area contributed by atoms with Gasteiger partial charge in [0.05, 0.1) is 0 Å². The van der Waals surface area contributed by atoms with Crippen molar-refractivity contribution in [3.05, 3.63) is 29.1 Å². The zero-order valence-corrected chi connectivity index (χ0v) is 11.9. The molecule has 0 amide bonds. The molecule has 1 rings (SSSR count). The predicted molar refractivity (Wildman–Crippen MR) is 74.2 cm³/mol. The normalized spacial score (nSPS) is 14.6. The number of aryl methyl sites for hydroxylation is 2. The van der Waals surface area contributed by atoms with E-state index < -0.39 is 0 Å². The molecular weight excluding hydrogens is 208 g/mol. The molecule has 1 heterocycles. The lowest BCUT2D eigenvalue weighted by Gasteiger charge is -2.23. The van der Waals surface area contributed by atoms with Crippen molar-refractivity contribution in [2.24, 2.45) is 5.92 Å². The SMILES string of the molecule is CCNC(CC(C)CC)c1ccc(C)nc1C. The van der Waals surface area contributed by atoms with Crippen molar-refractivity contribution in [2.75, 3.05) is 6.54 Å². The molecule has 1 aromatic heterocycles. The second-order valence-corrected chi connectivity index (χ2v) is 4.99. The van der Waals surface area contributed by atoms with Crippen molar-refractivity contribution >= 4 is 0 Å². The van der Waals surface area contributed by atoms with Crippen LogP contribution in [0.5, 0.6) is 0 Å². The van der Waals surface area contributed by atoms with E-state index in [1.54, 1.807) is 0 Å². The molecule has 0 aliphatic heterocycles. The van der Waals surface area contributed by atoms with E-state index in [2.05, 4.69) is 50.1 Å². The molecule has 0 fully saturated rings. The highest BCUT2D eigenvalue weighted by molar-refractivity contribution is 5.25. The highest BCUT2D eigenvalue weighted by atomic mass is 14.9. The molecule has 2 nitrogen and oxygen atoms in total. The first-order chi connectivity index (χ1) is 8.08. The van der Waals surface area contributed by atoms with Gasteiger partial charge in [-0.3, -0.25) is 4.98 Å². The van der Waals surface area contributed by atoms with Crippen LogP contribution in [0.1, 0.15) is 56.6 Å². The summed E-state index contributed by atoms with van der Waals surface area (Å²) in [5, 5.41) is 3.58. The largest absolute Gasteiger partial charge is 0.310 e. The van der Waals surface area contributed by atoms with Crippen LogP contribution in [0.25, 0.3) is 0 Å². The van der Waals surface area contributed by atoms with Gasteiger partial charge < -0.3 is 5.32 Å². The Kier molecular flexibility index (Phi) is 5.63. The molecule has 1 aromatic rings. The van der Waals surface area contributed by atoms with Crippen LogP contribution in [0.3, 0.4) is 0 Å². The van der Waals surface area contributed by atoms with Crippen LogP contribution in [-0.2, 0) is 0 Å². The van der Waals surface area contributed by atoms with Crippen molar-refractivity contribution in [2.45, 2.75) is 53.5 Å². The zero-order valence-electron chi connectivity index (χ0n) is 11.9. The van der Waals surface area contributed by atoms with E-state index in [1.165, 1.54) is 24.1 Å². The van der Waals surface area contributed by atoms with Gasteiger partial charge >= 0.3 is 0 Å². The number of rotatable bonds is 6. The Balaban J connectivity index is 2.88. The van der Waals surface area contributed by atoms with Gasteiger partial charge in [0.25, 0.3) is 0 Å². The van der Waals surface area contributed by atoms with Crippen LogP contribution in [0.2, 0.25) is 0 Å². The van der Waals surface area contributed by atoms with Gasteiger partial charge in [0, 0.05) is 17.4 Å². The molecule has 17 heavy (non-hydrogen) atoms. The lowest BCUT2D eigenvalue weighted by atomic mass is 9.93. The Labute approximate surface area is 106 Å².